The minimum absolute atomic E-state index is 0.0196. The Balaban J connectivity index is 1.96. The zero-order chi connectivity index (χ0) is 15.5. The fourth-order valence-corrected chi connectivity index (χ4v) is 2.24. The molecule has 6 nitrogen and oxygen atoms in total. The van der Waals surface area contributed by atoms with E-state index in [4.69, 9.17) is 5.73 Å². The van der Waals surface area contributed by atoms with Gasteiger partial charge in [0.15, 0.2) is 0 Å². The Hall–Kier alpha value is -2.55. The van der Waals surface area contributed by atoms with Gasteiger partial charge >= 0.3 is 0 Å². The van der Waals surface area contributed by atoms with Crippen LogP contribution in [0.1, 0.15) is 30.1 Å². The largest absolute Gasteiger partial charge is 0.376 e. The third kappa shape index (κ3) is 3.51. The molecular weight excluding hydrogens is 268 g/mol. The fraction of sp³-hybridized carbons (Fsp3) is 0.400. The number of primary amides is 1. The van der Waals surface area contributed by atoms with Crippen molar-refractivity contribution in [1.82, 2.24) is 5.32 Å². The molecule has 0 saturated heterocycles. The van der Waals surface area contributed by atoms with E-state index >= 15 is 0 Å². The molecule has 0 bridgehead atoms. The first kappa shape index (κ1) is 14.9. The molecule has 1 aliphatic carbocycles. The quantitative estimate of drug-likeness (QED) is 0.725. The first-order chi connectivity index (χ1) is 9.96. The summed E-state index contributed by atoms with van der Waals surface area (Å²) in [5.74, 6) is -0.618. The van der Waals surface area contributed by atoms with Gasteiger partial charge in [0.1, 0.15) is 5.54 Å². The molecule has 110 valence electrons. The van der Waals surface area contributed by atoms with E-state index in [0.29, 0.717) is 11.3 Å². The van der Waals surface area contributed by atoms with Crippen LogP contribution in [0.25, 0.3) is 0 Å². The maximum Gasteiger partial charge on any atom is 0.250 e. The minimum Gasteiger partial charge on any atom is -0.376 e. The van der Waals surface area contributed by atoms with Crippen LogP contribution in [0.15, 0.2) is 24.3 Å². The number of anilines is 1. The summed E-state index contributed by atoms with van der Waals surface area (Å²) in [5.41, 5.74) is 5.29. The van der Waals surface area contributed by atoms with Crippen LogP contribution in [0.2, 0.25) is 0 Å². The highest BCUT2D eigenvalue weighted by molar-refractivity contribution is 5.99. The van der Waals surface area contributed by atoms with Crippen LogP contribution in [0.5, 0.6) is 0 Å². The van der Waals surface area contributed by atoms with Crippen LogP contribution in [0.3, 0.4) is 0 Å². The molecule has 2 rings (SSSR count). The van der Waals surface area contributed by atoms with Crippen molar-refractivity contribution in [3.8, 4) is 6.07 Å². The van der Waals surface area contributed by atoms with Gasteiger partial charge in [-0.2, -0.15) is 5.26 Å². The molecule has 0 spiro atoms. The molecule has 1 aromatic carbocycles. The van der Waals surface area contributed by atoms with Crippen molar-refractivity contribution in [2.45, 2.75) is 25.3 Å². The Kier molecular flexibility index (Phi) is 4.13. The van der Waals surface area contributed by atoms with Gasteiger partial charge in [0.25, 0.3) is 5.91 Å². The summed E-state index contributed by atoms with van der Waals surface area (Å²) in [6, 6.07) is 8.88. The molecular formula is C15H18N4O2. The Labute approximate surface area is 123 Å². The molecule has 1 fully saturated rings. The second kappa shape index (κ2) is 5.83. The summed E-state index contributed by atoms with van der Waals surface area (Å²) in [4.78, 5) is 23.2. The topological polar surface area (TPSA) is 108 Å². The van der Waals surface area contributed by atoms with Crippen LogP contribution in [0, 0.1) is 17.2 Å². The molecule has 2 amide bonds. The third-order valence-electron chi connectivity index (χ3n) is 3.66. The lowest BCUT2D eigenvalue weighted by atomic mass is 9.98. The number of nitrogens with one attached hydrogen (secondary N) is 2. The predicted octanol–water partition coefficient (Wildman–Crippen LogP) is 1.01. The first-order valence-electron chi connectivity index (χ1n) is 6.81. The molecule has 0 heterocycles. The van der Waals surface area contributed by atoms with Gasteiger partial charge in [-0.3, -0.25) is 9.59 Å². The minimum atomic E-state index is -0.817. The standard InChI is InChI=1S/C15H18N4O2/c1-15(9-16,10-6-7-10)19-13(20)8-18-12-5-3-2-4-11(12)14(17)21/h2-5,10,18H,6-8H2,1H3,(H2,17,21)(H,19,20). The number of rotatable bonds is 6. The molecule has 1 aromatic rings. The molecule has 6 heteroatoms. The lowest BCUT2D eigenvalue weighted by Gasteiger charge is -2.23. The molecule has 4 N–H and O–H groups in total. The number of carbonyl (C=O) groups is 2. The zero-order valence-corrected chi connectivity index (χ0v) is 11.8. The van der Waals surface area contributed by atoms with Gasteiger partial charge in [0.2, 0.25) is 5.91 Å². The Morgan fingerprint density at radius 2 is 2.10 bits per heavy atom. The third-order valence-corrected chi connectivity index (χ3v) is 3.66. The first-order valence-corrected chi connectivity index (χ1v) is 6.81. The van der Waals surface area contributed by atoms with E-state index in [2.05, 4.69) is 16.7 Å². The number of nitrogens with zero attached hydrogens (tertiary/aromatic N) is 1. The zero-order valence-electron chi connectivity index (χ0n) is 11.8. The highest BCUT2D eigenvalue weighted by Crippen LogP contribution is 2.39. The van der Waals surface area contributed by atoms with E-state index in [1.54, 1.807) is 31.2 Å². The number of amides is 2. The van der Waals surface area contributed by atoms with Gasteiger partial charge in [0, 0.05) is 5.69 Å². The van der Waals surface area contributed by atoms with Crippen molar-refractivity contribution in [3.63, 3.8) is 0 Å². The lowest BCUT2D eigenvalue weighted by molar-refractivity contribution is -0.120. The van der Waals surface area contributed by atoms with Crippen LogP contribution in [-0.2, 0) is 4.79 Å². The van der Waals surface area contributed by atoms with E-state index in [9.17, 15) is 14.9 Å². The highest BCUT2D eigenvalue weighted by atomic mass is 16.2. The Morgan fingerprint density at radius 1 is 1.43 bits per heavy atom. The molecule has 1 atom stereocenters. The van der Waals surface area contributed by atoms with Crippen molar-refractivity contribution < 1.29 is 9.59 Å². The number of para-hydroxylation sites is 1. The molecule has 0 radical (unpaired) electrons. The van der Waals surface area contributed by atoms with Crippen molar-refractivity contribution in [2.24, 2.45) is 11.7 Å². The predicted molar refractivity (Wildman–Crippen MR) is 78.3 cm³/mol. The monoisotopic (exact) mass is 286 g/mol. The molecule has 1 aliphatic rings. The molecule has 1 saturated carbocycles. The molecule has 0 aliphatic heterocycles. The van der Waals surface area contributed by atoms with Gasteiger partial charge in [-0.05, 0) is 37.8 Å². The lowest BCUT2D eigenvalue weighted by Crippen LogP contribution is -2.48. The van der Waals surface area contributed by atoms with Crippen LogP contribution in [0.4, 0.5) is 5.69 Å². The summed E-state index contributed by atoms with van der Waals surface area (Å²) in [6.45, 7) is 1.72. The summed E-state index contributed by atoms with van der Waals surface area (Å²) >= 11 is 0. The van der Waals surface area contributed by atoms with Crippen molar-refractivity contribution in [2.75, 3.05) is 11.9 Å². The van der Waals surface area contributed by atoms with E-state index in [1.165, 1.54) is 0 Å². The van der Waals surface area contributed by atoms with Crippen molar-refractivity contribution in [1.29, 1.82) is 5.26 Å². The smallest absolute Gasteiger partial charge is 0.250 e. The Bertz CT molecular complexity index is 604. The summed E-state index contributed by atoms with van der Waals surface area (Å²) in [7, 11) is 0. The van der Waals surface area contributed by atoms with Gasteiger partial charge in [0.05, 0.1) is 18.2 Å². The van der Waals surface area contributed by atoms with Gasteiger partial charge in [-0.25, -0.2) is 0 Å². The van der Waals surface area contributed by atoms with E-state index < -0.39 is 11.4 Å². The summed E-state index contributed by atoms with van der Waals surface area (Å²) in [6.07, 6.45) is 1.92. The number of nitrogens with two attached hydrogens (primary N) is 1. The number of hydrogen-bond acceptors (Lipinski definition) is 4. The van der Waals surface area contributed by atoms with Gasteiger partial charge in [-0.1, -0.05) is 12.1 Å². The normalized spacial score (nSPS) is 16.4. The number of carbonyl (C=O) groups excluding carboxylic acids is 2. The number of hydrogen-bond donors (Lipinski definition) is 3. The number of benzene rings is 1. The average Bonchev–Trinajstić information content (AvgIpc) is 3.30. The molecule has 0 aromatic heterocycles. The summed E-state index contributed by atoms with van der Waals surface area (Å²) in [5, 5.41) is 14.8. The van der Waals surface area contributed by atoms with Gasteiger partial charge < -0.3 is 16.4 Å². The highest BCUT2D eigenvalue weighted by Gasteiger charge is 2.42. The van der Waals surface area contributed by atoms with E-state index in [0.717, 1.165) is 12.8 Å². The SMILES string of the molecule is CC(C#N)(NC(=O)CNc1ccccc1C(N)=O)C1CC1. The van der Waals surface area contributed by atoms with E-state index in [-0.39, 0.29) is 18.4 Å². The molecule has 1 unspecified atom stereocenters. The fourth-order valence-electron chi connectivity index (χ4n) is 2.24. The second-order valence-electron chi connectivity index (χ2n) is 5.40. The van der Waals surface area contributed by atoms with E-state index in [1.807, 2.05) is 0 Å². The van der Waals surface area contributed by atoms with Crippen molar-refractivity contribution in [3.05, 3.63) is 29.8 Å². The number of nitriles is 1. The van der Waals surface area contributed by atoms with Crippen LogP contribution < -0.4 is 16.4 Å². The molecule has 21 heavy (non-hydrogen) atoms. The maximum absolute atomic E-state index is 12.0. The van der Waals surface area contributed by atoms with Crippen molar-refractivity contribution >= 4 is 17.5 Å². The van der Waals surface area contributed by atoms with Crippen LogP contribution >= 0.6 is 0 Å². The summed E-state index contributed by atoms with van der Waals surface area (Å²) < 4.78 is 0. The van der Waals surface area contributed by atoms with Gasteiger partial charge in [-0.15, -0.1) is 0 Å². The average molecular weight is 286 g/mol. The maximum atomic E-state index is 12.0. The second-order valence-corrected chi connectivity index (χ2v) is 5.40. The van der Waals surface area contributed by atoms with Crippen LogP contribution in [-0.4, -0.2) is 23.9 Å². The Morgan fingerprint density at radius 3 is 2.67 bits per heavy atom.